The van der Waals surface area contributed by atoms with Crippen molar-refractivity contribution in [1.29, 1.82) is 0 Å². The molecule has 0 saturated heterocycles. The molecule has 5 heteroatoms. The molecule has 2 N–H and O–H groups in total. The molecule has 0 aliphatic carbocycles. The number of esters is 1. The van der Waals surface area contributed by atoms with Crippen molar-refractivity contribution >= 4 is 34.6 Å². The van der Waals surface area contributed by atoms with Crippen LogP contribution in [0.15, 0.2) is 35.7 Å². The lowest BCUT2D eigenvalue weighted by Crippen LogP contribution is -2.10. The topological polar surface area (TPSA) is 52.3 Å². The third-order valence-corrected chi connectivity index (χ3v) is 3.66. The van der Waals surface area contributed by atoms with Crippen LogP contribution in [-0.4, -0.2) is 12.6 Å². The van der Waals surface area contributed by atoms with Crippen LogP contribution in [0.5, 0.6) is 0 Å². The van der Waals surface area contributed by atoms with E-state index in [0.717, 1.165) is 0 Å². The summed E-state index contributed by atoms with van der Waals surface area (Å²) in [6.07, 6.45) is 0.702. The van der Waals surface area contributed by atoms with Crippen LogP contribution in [0.2, 0.25) is 5.02 Å². The van der Waals surface area contributed by atoms with E-state index in [1.807, 2.05) is 17.5 Å². The number of anilines is 1. The van der Waals surface area contributed by atoms with Crippen LogP contribution in [0.4, 0.5) is 5.69 Å². The second kappa shape index (κ2) is 5.89. The minimum absolute atomic E-state index is 0.241. The quantitative estimate of drug-likeness (QED) is 0.690. The van der Waals surface area contributed by atoms with E-state index in [4.69, 9.17) is 22.1 Å². The minimum atomic E-state index is -0.477. The maximum Gasteiger partial charge on any atom is 0.341 e. The van der Waals surface area contributed by atoms with E-state index in [-0.39, 0.29) is 5.56 Å². The lowest BCUT2D eigenvalue weighted by Gasteiger charge is -2.07. The number of thiophene rings is 1. The zero-order valence-electron chi connectivity index (χ0n) is 9.56. The van der Waals surface area contributed by atoms with Gasteiger partial charge in [0.15, 0.2) is 0 Å². The number of hydrogen-bond acceptors (Lipinski definition) is 4. The fourth-order valence-corrected chi connectivity index (χ4v) is 2.48. The molecule has 0 spiro atoms. The average Bonchev–Trinajstić information content (AvgIpc) is 2.82. The third-order valence-electron chi connectivity index (χ3n) is 2.41. The normalized spacial score (nSPS) is 10.3. The Labute approximate surface area is 114 Å². The Bertz CT molecular complexity index is 520. The van der Waals surface area contributed by atoms with Gasteiger partial charge in [0.05, 0.1) is 11.6 Å². The molecular formula is C13H12ClNO2S. The summed E-state index contributed by atoms with van der Waals surface area (Å²) in [6, 6.07) is 8.91. The Morgan fingerprint density at radius 2 is 2.17 bits per heavy atom. The van der Waals surface area contributed by atoms with Gasteiger partial charge >= 0.3 is 5.97 Å². The second-order valence-corrected chi connectivity index (χ2v) is 5.11. The molecule has 0 aliphatic heterocycles. The summed E-state index contributed by atoms with van der Waals surface area (Å²) < 4.78 is 5.17. The molecule has 94 valence electrons. The number of benzene rings is 1. The molecule has 2 aromatic rings. The molecule has 0 amide bonds. The summed E-state index contributed by atoms with van der Waals surface area (Å²) in [6.45, 7) is 0.323. The maximum absolute atomic E-state index is 11.8. The highest BCUT2D eigenvalue weighted by Crippen LogP contribution is 2.22. The molecule has 18 heavy (non-hydrogen) atoms. The number of halogens is 1. The van der Waals surface area contributed by atoms with Gasteiger partial charge in [0.25, 0.3) is 0 Å². The molecule has 1 aromatic carbocycles. The molecule has 2 rings (SSSR count). The Morgan fingerprint density at radius 1 is 1.33 bits per heavy atom. The summed E-state index contributed by atoms with van der Waals surface area (Å²) in [7, 11) is 0. The molecule has 0 atom stereocenters. The van der Waals surface area contributed by atoms with Gasteiger partial charge < -0.3 is 10.5 Å². The van der Waals surface area contributed by atoms with Crippen LogP contribution in [0.1, 0.15) is 15.2 Å². The van der Waals surface area contributed by atoms with Gasteiger partial charge in [0, 0.05) is 17.0 Å². The van der Waals surface area contributed by atoms with Gasteiger partial charge in [-0.1, -0.05) is 23.7 Å². The van der Waals surface area contributed by atoms with Crippen molar-refractivity contribution in [2.24, 2.45) is 0 Å². The van der Waals surface area contributed by atoms with Crippen LogP contribution in [0.25, 0.3) is 0 Å². The van der Waals surface area contributed by atoms with Gasteiger partial charge in [-0.05, 0) is 23.6 Å². The highest BCUT2D eigenvalue weighted by Gasteiger charge is 2.15. The molecular weight excluding hydrogens is 270 g/mol. The zero-order chi connectivity index (χ0) is 13.0. The SMILES string of the molecule is Nc1cccc(Cl)c1C(=O)OCCc1cccs1. The highest BCUT2D eigenvalue weighted by atomic mass is 35.5. The van der Waals surface area contributed by atoms with Crippen molar-refractivity contribution < 1.29 is 9.53 Å². The van der Waals surface area contributed by atoms with Gasteiger partial charge in [-0.3, -0.25) is 0 Å². The number of hydrogen-bond donors (Lipinski definition) is 1. The summed E-state index contributed by atoms with van der Waals surface area (Å²) in [5.74, 6) is -0.477. The molecule has 0 aliphatic rings. The molecule has 3 nitrogen and oxygen atoms in total. The van der Waals surface area contributed by atoms with Gasteiger partial charge in [-0.15, -0.1) is 11.3 Å². The highest BCUT2D eigenvalue weighted by molar-refractivity contribution is 7.09. The van der Waals surface area contributed by atoms with E-state index in [0.29, 0.717) is 23.7 Å². The zero-order valence-corrected chi connectivity index (χ0v) is 11.1. The molecule has 0 saturated carbocycles. The molecule has 1 aromatic heterocycles. The first kappa shape index (κ1) is 12.9. The lowest BCUT2D eigenvalue weighted by atomic mass is 10.2. The van der Waals surface area contributed by atoms with Crippen LogP contribution >= 0.6 is 22.9 Å². The van der Waals surface area contributed by atoms with Gasteiger partial charge in [-0.2, -0.15) is 0 Å². The number of carbonyl (C=O) groups is 1. The van der Waals surface area contributed by atoms with E-state index in [2.05, 4.69) is 0 Å². The number of nitrogen functional groups attached to an aromatic ring is 1. The van der Waals surface area contributed by atoms with E-state index < -0.39 is 5.97 Å². The van der Waals surface area contributed by atoms with Gasteiger partial charge in [0.1, 0.15) is 5.56 Å². The largest absolute Gasteiger partial charge is 0.462 e. The van der Waals surface area contributed by atoms with Crippen LogP contribution in [-0.2, 0) is 11.2 Å². The molecule has 0 bridgehead atoms. The first-order valence-corrected chi connectivity index (χ1v) is 6.67. The van der Waals surface area contributed by atoms with E-state index >= 15 is 0 Å². The van der Waals surface area contributed by atoms with Crippen LogP contribution < -0.4 is 5.73 Å². The number of nitrogens with two attached hydrogens (primary N) is 1. The third kappa shape index (κ3) is 3.03. The summed E-state index contributed by atoms with van der Waals surface area (Å²) >= 11 is 7.56. The molecule has 0 unspecified atom stereocenters. The molecule has 0 fully saturated rings. The number of ether oxygens (including phenoxy) is 1. The van der Waals surface area contributed by atoms with Crippen molar-refractivity contribution in [2.45, 2.75) is 6.42 Å². The smallest absolute Gasteiger partial charge is 0.341 e. The molecule has 1 heterocycles. The molecule has 0 radical (unpaired) electrons. The first-order chi connectivity index (χ1) is 8.68. The van der Waals surface area contributed by atoms with Gasteiger partial charge in [0.2, 0.25) is 0 Å². The first-order valence-electron chi connectivity index (χ1n) is 5.42. The van der Waals surface area contributed by atoms with Crippen LogP contribution in [0, 0.1) is 0 Å². The number of carbonyl (C=O) groups excluding carboxylic acids is 1. The summed E-state index contributed by atoms with van der Waals surface area (Å²) in [4.78, 5) is 13.0. The Balaban J connectivity index is 1.96. The average molecular weight is 282 g/mol. The van der Waals surface area contributed by atoms with Crippen molar-refractivity contribution in [3.05, 3.63) is 51.2 Å². The predicted molar refractivity (Wildman–Crippen MR) is 74.2 cm³/mol. The Kier molecular flexibility index (Phi) is 4.23. The van der Waals surface area contributed by atoms with Crippen LogP contribution in [0.3, 0.4) is 0 Å². The summed E-state index contributed by atoms with van der Waals surface area (Å²) in [5.41, 5.74) is 6.28. The fourth-order valence-electron chi connectivity index (χ4n) is 1.53. The van der Waals surface area contributed by atoms with E-state index in [1.165, 1.54) is 4.88 Å². The van der Waals surface area contributed by atoms with E-state index in [9.17, 15) is 4.79 Å². The predicted octanol–water partition coefficient (Wildman–Crippen LogP) is 3.38. The maximum atomic E-state index is 11.8. The van der Waals surface area contributed by atoms with Crippen molar-refractivity contribution in [1.82, 2.24) is 0 Å². The Morgan fingerprint density at radius 3 is 2.83 bits per heavy atom. The minimum Gasteiger partial charge on any atom is -0.462 e. The monoisotopic (exact) mass is 281 g/mol. The van der Waals surface area contributed by atoms with Crippen molar-refractivity contribution in [2.75, 3.05) is 12.3 Å². The number of rotatable bonds is 4. The standard InChI is InChI=1S/C13H12ClNO2S/c14-10-4-1-5-11(15)12(10)13(16)17-7-6-9-3-2-8-18-9/h1-5,8H,6-7,15H2. The Hall–Kier alpha value is -1.52. The second-order valence-electron chi connectivity index (χ2n) is 3.67. The van der Waals surface area contributed by atoms with E-state index in [1.54, 1.807) is 29.5 Å². The fraction of sp³-hybridized carbons (Fsp3) is 0.154. The summed E-state index contributed by atoms with van der Waals surface area (Å²) in [5, 5.41) is 2.31. The van der Waals surface area contributed by atoms with Gasteiger partial charge in [-0.25, -0.2) is 4.79 Å². The van der Waals surface area contributed by atoms with Crippen molar-refractivity contribution in [3.63, 3.8) is 0 Å². The van der Waals surface area contributed by atoms with Crippen molar-refractivity contribution in [3.8, 4) is 0 Å². The lowest BCUT2D eigenvalue weighted by molar-refractivity contribution is 0.0511.